The minimum atomic E-state index is -0.296. The number of benzene rings is 1. The second-order valence-corrected chi connectivity index (χ2v) is 5.95. The van der Waals surface area contributed by atoms with Gasteiger partial charge in [0.05, 0.1) is 12.2 Å². The summed E-state index contributed by atoms with van der Waals surface area (Å²) in [5.74, 6) is 0.0721. The first-order chi connectivity index (χ1) is 9.52. The lowest BCUT2D eigenvalue weighted by Crippen LogP contribution is -2.25. The van der Waals surface area contributed by atoms with Crippen molar-refractivity contribution >= 4 is 0 Å². The molecular weight excluding hydrogens is 257 g/mol. The van der Waals surface area contributed by atoms with Gasteiger partial charge in [0.1, 0.15) is 0 Å². The van der Waals surface area contributed by atoms with Crippen LogP contribution >= 0.6 is 0 Å². The average molecular weight is 281 g/mol. The topological polar surface area (TPSA) is 30.5 Å². The van der Waals surface area contributed by atoms with E-state index in [1.54, 1.807) is 13.2 Å². The van der Waals surface area contributed by atoms with Crippen LogP contribution in [0.15, 0.2) is 18.2 Å². The van der Waals surface area contributed by atoms with Crippen molar-refractivity contribution in [2.75, 3.05) is 13.7 Å². The minimum absolute atomic E-state index is 0.252. The van der Waals surface area contributed by atoms with Crippen molar-refractivity contribution in [2.45, 2.75) is 51.3 Å². The predicted molar refractivity (Wildman–Crippen MR) is 77.5 cm³/mol. The number of methoxy groups -OCH3 is 1. The van der Waals surface area contributed by atoms with E-state index in [1.165, 1.54) is 18.9 Å². The molecule has 0 bridgehead atoms. The zero-order valence-electron chi connectivity index (χ0n) is 12.5. The maximum Gasteiger partial charge on any atom is 0.165 e. The number of para-hydroxylation sites is 1. The molecule has 1 aromatic carbocycles. The van der Waals surface area contributed by atoms with Gasteiger partial charge in [-0.05, 0) is 32.8 Å². The Morgan fingerprint density at radius 3 is 2.75 bits per heavy atom. The lowest BCUT2D eigenvalue weighted by atomic mass is 10.1. The van der Waals surface area contributed by atoms with Crippen LogP contribution < -0.4 is 10.1 Å². The van der Waals surface area contributed by atoms with Gasteiger partial charge < -0.3 is 14.8 Å². The van der Waals surface area contributed by atoms with Crippen LogP contribution in [0.25, 0.3) is 0 Å². The largest absolute Gasteiger partial charge is 0.490 e. The number of hydrogen-bond acceptors (Lipinski definition) is 3. The lowest BCUT2D eigenvalue weighted by Gasteiger charge is -2.23. The van der Waals surface area contributed by atoms with E-state index in [1.807, 2.05) is 19.9 Å². The summed E-state index contributed by atoms with van der Waals surface area (Å²) in [7, 11) is 1.67. The Balaban J connectivity index is 1.94. The molecule has 3 nitrogen and oxygen atoms in total. The van der Waals surface area contributed by atoms with E-state index in [4.69, 9.17) is 9.47 Å². The van der Waals surface area contributed by atoms with E-state index < -0.39 is 0 Å². The van der Waals surface area contributed by atoms with Crippen molar-refractivity contribution in [3.63, 3.8) is 0 Å². The molecule has 0 heterocycles. The summed E-state index contributed by atoms with van der Waals surface area (Å²) in [5, 5.41) is 3.39. The van der Waals surface area contributed by atoms with Crippen LogP contribution in [0.4, 0.5) is 4.39 Å². The first-order valence-corrected chi connectivity index (χ1v) is 7.20. The number of ether oxygens (including phenoxy) is 2. The fourth-order valence-electron chi connectivity index (χ4n) is 1.90. The van der Waals surface area contributed by atoms with Crippen molar-refractivity contribution in [3.05, 3.63) is 29.6 Å². The quantitative estimate of drug-likeness (QED) is 0.793. The normalized spacial score (nSPS) is 15.4. The molecule has 0 saturated heterocycles. The molecule has 4 heteroatoms. The van der Waals surface area contributed by atoms with E-state index in [0.29, 0.717) is 31.4 Å². The third-order valence-corrected chi connectivity index (χ3v) is 3.71. The Morgan fingerprint density at radius 2 is 2.10 bits per heavy atom. The Kier molecular flexibility index (Phi) is 5.00. The molecular formula is C16H24FNO2. The van der Waals surface area contributed by atoms with Crippen LogP contribution in [0.1, 0.15) is 38.7 Å². The van der Waals surface area contributed by atoms with E-state index in [0.717, 1.165) is 5.56 Å². The highest BCUT2D eigenvalue weighted by atomic mass is 19.1. The van der Waals surface area contributed by atoms with Crippen molar-refractivity contribution in [2.24, 2.45) is 0 Å². The molecule has 0 aliphatic heterocycles. The van der Waals surface area contributed by atoms with Gasteiger partial charge in [-0.25, -0.2) is 4.39 Å². The molecule has 0 spiro atoms. The van der Waals surface area contributed by atoms with Crippen LogP contribution in [0.2, 0.25) is 0 Å². The molecule has 1 N–H and O–H groups in total. The zero-order chi connectivity index (χ0) is 14.6. The van der Waals surface area contributed by atoms with Gasteiger partial charge in [-0.1, -0.05) is 12.1 Å². The SMILES string of the molecule is COC(C)(C)CCOc1c(F)cccc1CNC1CC1. The van der Waals surface area contributed by atoms with Crippen molar-refractivity contribution in [1.82, 2.24) is 5.32 Å². The van der Waals surface area contributed by atoms with Crippen molar-refractivity contribution < 1.29 is 13.9 Å². The molecule has 2 rings (SSSR count). The molecule has 0 unspecified atom stereocenters. The molecule has 0 aromatic heterocycles. The first kappa shape index (κ1) is 15.3. The molecule has 1 aliphatic rings. The van der Waals surface area contributed by atoms with Crippen LogP contribution in [0.5, 0.6) is 5.75 Å². The summed E-state index contributed by atoms with van der Waals surface area (Å²) in [6.45, 7) is 5.09. The third-order valence-electron chi connectivity index (χ3n) is 3.71. The van der Waals surface area contributed by atoms with Crippen LogP contribution in [-0.2, 0) is 11.3 Å². The molecule has 0 amide bonds. The number of halogens is 1. The van der Waals surface area contributed by atoms with E-state index >= 15 is 0 Å². The summed E-state index contributed by atoms with van der Waals surface area (Å²) in [6.07, 6.45) is 3.15. The zero-order valence-corrected chi connectivity index (χ0v) is 12.5. The van der Waals surface area contributed by atoms with E-state index in [-0.39, 0.29) is 11.4 Å². The standard InChI is InChI=1S/C16H24FNO2/c1-16(2,19-3)9-10-20-15-12(5-4-6-14(15)17)11-18-13-7-8-13/h4-6,13,18H,7-11H2,1-3H3. The smallest absolute Gasteiger partial charge is 0.165 e. The van der Waals surface area contributed by atoms with E-state index in [9.17, 15) is 4.39 Å². The molecule has 0 radical (unpaired) electrons. The molecule has 1 saturated carbocycles. The van der Waals surface area contributed by atoms with Crippen LogP contribution in [-0.4, -0.2) is 25.4 Å². The molecule has 0 atom stereocenters. The summed E-state index contributed by atoms with van der Waals surface area (Å²) in [6, 6.07) is 5.68. The summed E-state index contributed by atoms with van der Waals surface area (Å²) >= 11 is 0. The highest BCUT2D eigenvalue weighted by Crippen LogP contribution is 2.26. The first-order valence-electron chi connectivity index (χ1n) is 7.20. The average Bonchev–Trinajstić information content (AvgIpc) is 3.23. The minimum Gasteiger partial charge on any atom is -0.490 e. The second kappa shape index (κ2) is 6.55. The van der Waals surface area contributed by atoms with Gasteiger partial charge in [0, 0.05) is 31.7 Å². The van der Waals surface area contributed by atoms with Gasteiger partial charge in [0.2, 0.25) is 0 Å². The molecule has 1 aliphatic carbocycles. The number of hydrogen-bond donors (Lipinski definition) is 1. The van der Waals surface area contributed by atoms with E-state index in [2.05, 4.69) is 5.32 Å². The highest BCUT2D eigenvalue weighted by Gasteiger charge is 2.21. The molecule has 1 fully saturated rings. The second-order valence-electron chi connectivity index (χ2n) is 5.95. The van der Waals surface area contributed by atoms with Crippen LogP contribution in [0.3, 0.4) is 0 Å². The van der Waals surface area contributed by atoms with Crippen LogP contribution in [0, 0.1) is 5.82 Å². The van der Waals surface area contributed by atoms with Gasteiger partial charge in [-0.2, -0.15) is 0 Å². The van der Waals surface area contributed by atoms with Gasteiger partial charge in [-0.15, -0.1) is 0 Å². The summed E-state index contributed by atoms with van der Waals surface area (Å²) in [5.41, 5.74) is 0.629. The Morgan fingerprint density at radius 1 is 1.35 bits per heavy atom. The fraction of sp³-hybridized carbons (Fsp3) is 0.625. The van der Waals surface area contributed by atoms with Crippen molar-refractivity contribution in [1.29, 1.82) is 0 Å². The molecule has 112 valence electrons. The maximum atomic E-state index is 13.9. The maximum absolute atomic E-state index is 13.9. The predicted octanol–water partition coefficient (Wildman–Crippen LogP) is 3.27. The Hall–Kier alpha value is -1.13. The summed E-state index contributed by atoms with van der Waals surface area (Å²) < 4.78 is 24.9. The van der Waals surface area contributed by atoms with Gasteiger partial charge >= 0.3 is 0 Å². The van der Waals surface area contributed by atoms with Gasteiger partial charge in [0.15, 0.2) is 11.6 Å². The highest BCUT2D eigenvalue weighted by molar-refractivity contribution is 5.35. The number of rotatable bonds is 8. The van der Waals surface area contributed by atoms with Gasteiger partial charge in [0.25, 0.3) is 0 Å². The summed E-state index contributed by atoms with van der Waals surface area (Å²) in [4.78, 5) is 0. The Bertz CT molecular complexity index is 444. The molecule has 20 heavy (non-hydrogen) atoms. The molecule has 1 aromatic rings. The number of nitrogens with one attached hydrogen (secondary N) is 1. The fourth-order valence-corrected chi connectivity index (χ4v) is 1.90. The van der Waals surface area contributed by atoms with Gasteiger partial charge in [-0.3, -0.25) is 0 Å². The van der Waals surface area contributed by atoms with Crippen molar-refractivity contribution in [3.8, 4) is 5.75 Å². The lowest BCUT2D eigenvalue weighted by molar-refractivity contribution is 0.00504. The third kappa shape index (κ3) is 4.46. The monoisotopic (exact) mass is 281 g/mol. The Labute approximate surface area is 120 Å².